The van der Waals surface area contributed by atoms with Gasteiger partial charge in [-0.15, -0.1) is 0 Å². The van der Waals surface area contributed by atoms with E-state index in [2.05, 4.69) is 32.0 Å². The summed E-state index contributed by atoms with van der Waals surface area (Å²) in [6.07, 6.45) is 4.43. The van der Waals surface area contributed by atoms with Crippen molar-refractivity contribution in [1.82, 2.24) is 4.90 Å². The van der Waals surface area contributed by atoms with Crippen molar-refractivity contribution >= 4 is 5.91 Å². The molecule has 2 heterocycles. The normalized spacial score (nSPS) is 24.3. The molecule has 0 aliphatic carbocycles. The largest absolute Gasteiger partial charge is 0.376 e. The van der Waals surface area contributed by atoms with Gasteiger partial charge in [-0.1, -0.05) is 18.2 Å². The maximum atomic E-state index is 12.6. The van der Waals surface area contributed by atoms with E-state index >= 15 is 0 Å². The monoisotopic (exact) mass is 317 g/mol. The minimum Gasteiger partial charge on any atom is -0.376 e. The average Bonchev–Trinajstić information content (AvgIpc) is 3.21. The van der Waals surface area contributed by atoms with Gasteiger partial charge in [0.05, 0.1) is 18.8 Å². The summed E-state index contributed by atoms with van der Waals surface area (Å²) in [5.74, 6) is 0.103. The number of ether oxygens (including phenoxy) is 2. The Bertz CT molecular complexity index is 552. The zero-order chi connectivity index (χ0) is 16.2. The second-order valence-corrected chi connectivity index (χ2v) is 6.68. The SMILES string of the molecule is Cc1cccc([C@@H]2CCCN2C(=O)COC[C@H]2CCCO2)c1C. The molecule has 0 saturated carbocycles. The van der Waals surface area contributed by atoms with Crippen LogP contribution in [0.1, 0.15) is 48.4 Å². The van der Waals surface area contributed by atoms with Crippen molar-refractivity contribution in [3.63, 3.8) is 0 Å². The molecule has 2 saturated heterocycles. The van der Waals surface area contributed by atoms with E-state index in [0.717, 1.165) is 38.8 Å². The molecule has 23 heavy (non-hydrogen) atoms. The summed E-state index contributed by atoms with van der Waals surface area (Å²) in [5.41, 5.74) is 3.88. The summed E-state index contributed by atoms with van der Waals surface area (Å²) in [7, 11) is 0. The van der Waals surface area contributed by atoms with Crippen LogP contribution in [-0.4, -0.2) is 43.3 Å². The zero-order valence-electron chi connectivity index (χ0n) is 14.2. The van der Waals surface area contributed by atoms with Gasteiger partial charge in [0.15, 0.2) is 0 Å². The summed E-state index contributed by atoms with van der Waals surface area (Å²) in [4.78, 5) is 14.6. The van der Waals surface area contributed by atoms with Crippen LogP contribution in [-0.2, 0) is 14.3 Å². The molecular formula is C19H27NO3. The number of hydrogen-bond donors (Lipinski definition) is 0. The zero-order valence-corrected chi connectivity index (χ0v) is 14.2. The number of carbonyl (C=O) groups excluding carboxylic acids is 1. The molecule has 0 N–H and O–H groups in total. The third-order valence-corrected chi connectivity index (χ3v) is 5.13. The van der Waals surface area contributed by atoms with E-state index in [1.54, 1.807) is 0 Å². The molecule has 4 nitrogen and oxygen atoms in total. The molecule has 1 amide bonds. The fraction of sp³-hybridized carbons (Fsp3) is 0.632. The Labute approximate surface area is 138 Å². The molecule has 2 atom stereocenters. The molecule has 2 aliphatic heterocycles. The second-order valence-electron chi connectivity index (χ2n) is 6.68. The van der Waals surface area contributed by atoms with E-state index in [4.69, 9.17) is 9.47 Å². The first-order valence-corrected chi connectivity index (χ1v) is 8.71. The summed E-state index contributed by atoms with van der Waals surface area (Å²) >= 11 is 0. The van der Waals surface area contributed by atoms with Gasteiger partial charge in [-0.2, -0.15) is 0 Å². The summed E-state index contributed by atoms with van der Waals surface area (Å²) in [6, 6.07) is 6.58. The van der Waals surface area contributed by atoms with E-state index in [1.165, 1.54) is 16.7 Å². The number of benzene rings is 1. The number of likely N-dealkylation sites (tertiary alicyclic amines) is 1. The van der Waals surface area contributed by atoms with Crippen LogP contribution < -0.4 is 0 Å². The molecule has 1 aromatic carbocycles. The lowest BCUT2D eigenvalue weighted by Gasteiger charge is -2.27. The highest BCUT2D eigenvalue weighted by atomic mass is 16.5. The molecule has 0 radical (unpaired) electrons. The first-order chi connectivity index (χ1) is 11.2. The number of aryl methyl sites for hydroxylation is 1. The highest BCUT2D eigenvalue weighted by molar-refractivity contribution is 5.78. The standard InChI is InChI=1S/C19H27NO3/c1-14-6-3-8-17(15(14)2)18-9-4-10-20(18)19(21)13-22-12-16-7-5-11-23-16/h3,6,8,16,18H,4-5,7,9-13H2,1-2H3/t16-,18+/m1/s1. The van der Waals surface area contributed by atoms with E-state index in [9.17, 15) is 4.79 Å². The molecule has 4 heteroatoms. The Balaban J connectivity index is 1.59. The molecule has 3 rings (SSSR count). The van der Waals surface area contributed by atoms with Crippen molar-refractivity contribution in [3.05, 3.63) is 34.9 Å². The molecule has 0 unspecified atom stereocenters. The molecule has 0 spiro atoms. The van der Waals surface area contributed by atoms with Crippen molar-refractivity contribution < 1.29 is 14.3 Å². The Hall–Kier alpha value is -1.39. The van der Waals surface area contributed by atoms with Crippen molar-refractivity contribution in [3.8, 4) is 0 Å². The fourth-order valence-corrected chi connectivity index (χ4v) is 3.66. The molecule has 2 aliphatic rings. The number of carbonyl (C=O) groups is 1. The van der Waals surface area contributed by atoms with Crippen LogP contribution in [0.4, 0.5) is 0 Å². The molecule has 0 bridgehead atoms. The Kier molecular flexibility index (Phi) is 5.34. The first kappa shape index (κ1) is 16.5. The van der Waals surface area contributed by atoms with Crippen LogP contribution in [0.2, 0.25) is 0 Å². The van der Waals surface area contributed by atoms with Crippen LogP contribution in [0.3, 0.4) is 0 Å². The van der Waals surface area contributed by atoms with Crippen LogP contribution in [0.15, 0.2) is 18.2 Å². The first-order valence-electron chi connectivity index (χ1n) is 8.71. The fourth-order valence-electron chi connectivity index (χ4n) is 3.66. The van der Waals surface area contributed by atoms with Gasteiger partial charge in [-0.3, -0.25) is 4.79 Å². The third-order valence-electron chi connectivity index (χ3n) is 5.13. The third kappa shape index (κ3) is 3.75. The van der Waals surface area contributed by atoms with Crippen molar-refractivity contribution in [2.24, 2.45) is 0 Å². The van der Waals surface area contributed by atoms with E-state index in [0.29, 0.717) is 6.61 Å². The molecule has 1 aromatic rings. The topological polar surface area (TPSA) is 38.8 Å². The lowest BCUT2D eigenvalue weighted by atomic mass is 9.96. The van der Waals surface area contributed by atoms with E-state index in [1.807, 2.05) is 4.90 Å². The van der Waals surface area contributed by atoms with Crippen LogP contribution in [0.5, 0.6) is 0 Å². The van der Waals surface area contributed by atoms with Gasteiger partial charge >= 0.3 is 0 Å². The smallest absolute Gasteiger partial charge is 0.249 e. The van der Waals surface area contributed by atoms with Crippen molar-refractivity contribution in [2.75, 3.05) is 26.4 Å². The van der Waals surface area contributed by atoms with Gasteiger partial charge in [0, 0.05) is 13.2 Å². The van der Waals surface area contributed by atoms with Crippen LogP contribution in [0, 0.1) is 13.8 Å². The van der Waals surface area contributed by atoms with E-state index < -0.39 is 0 Å². The van der Waals surface area contributed by atoms with Gasteiger partial charge in [0.2, 0.25) is 5.91 Å². The quantitative estimate of drug-likeness (QED) is 0.837. The summed E-state index contributed by atoms with van der Waals surface area (Å²) < 4.78 is 11.1. The number of rotatable bonds is 5. The van der Waals surface area contributed by atoms with Crippen LogP contribution >= 0.6 is 0 Å². The van der Waals surface area contributed by atoms with Gasteiger partial charge in [-0.05, 0) is 56.2 Å². The van der Waals surface area contributed by atoms with Gasteiger partial charge in [0.1, 0.15) is 6.61 Å². The lowest BCUT2D eigenvalue weighted by Crippen LogP contribution is -2.34. The molecule has 126 valence electrons. The number of nitrogens with zero attached hydrogens (tertiary/aromatic N) is 1. The van der Waals surface area contributed by atoms with Crippen molar-refractivity contribution in [2.45, 2.75) is 51.7 Å². The highest BCUT2D eigenvalue weighted by Gasteiger charge is 2.31. The second kappa shape index (κ2) is 7.45. The average molecular weight is 317 g/mol. The number of hydrogen-bond acceptors (Lipinski definition) is 3. The highest BCUT2D eigenvalue weighted by Crippen LogP contribution is 2.34. The Morgan fingerprint density at radius 1 is 1.30 bits per heavy atom. The summed E-state index contributed by atoms with van der Waals surface area (Å²) in [5, 5.41) is 0. The lowest BCUT2D eigenvalue weighted by molar-refractivity contribution is -0.138. The minimum atomic E-state index is 0.103. The Morgan fingerprint density at radius 3 is 2.96 bits per heavy atom. The number of amides is 1. The maximum absolute atomic E-state index is 12.6. The Morgan fingerprint density at radius 2 is 2.17 bits per heavy atom. The van der Waals surface area contributed by atoms with Gasteiger partial charge < -0.3 is 14.4 Å². The van der Waals surface area contributed by atoms with Gasteiger partial charge in [-0.25, -0.2) is 0 Å². The maximum Gasteiger partial charge on any atom is 0.249 e. The molecule has 0 aromatic heterocycles. The van der Waals surface area contributed by atoms with Crippen molar-refractivity contribution in [1.29, 1.82) is 0 Å². The van der Waals surface area contributed by atoms with Gasteiger partial charge in [0.25, 0.3) is 0 Å². The van der Waals surface area contributed by atoms with Crippen LogP contribution in [0.25, 0.3) is 0 Å². The molecule has 2 fully saturated rings. The minimum absolute atomic E-state index is 0.103. The van der Waals surface area contributed by atoms with E-state index in [-0.39, 0.29) is 24.7 Å². The molecular weight excluding hydrogens is 290 g/mol. The summed E-state index contributed by atoms with van der Waals surface area (Å²) in [6.45, 7) is 6.64. The predicted molar refractivity (Wildman–Crippen MR) is 89.4 cm³/mol. The predicted octanol–water partition coefficient (Wildman–Crippen LogP) is 3.16.